The van der Waals surface area contributed by atoms with Crippen LogP contribution in [0.2, 0.25) is 0 Å². The number of esters is 2. The van der Waals surface area contributed by atoms with Crippen molar-refractivity contribution in [1.29, 1.82) is 0 Å². The van der Waals surface area contributed by atoms with E-state index in [1.165, 1.54) is 83.5 Å². The Balaban J connectivity index is 4.05. The number of allylic oxidation sites excluding steroid dienone is 4. The summed E-state index contributed by atoms with van der Waals surface area (Å²) in [6.07, 6.45) is 35.3. The lowest BCUT2D eigenvalue weighted by molar-refractivity contribution is -0.161. The molecule has 0 aliphatic heterocycles. The molecule has 10 heteroatoms. The first kappa shape index (κ1) is 46.5. The molecule has 0 radical (unpaired) electrons. The average molecular weight is 702 g/mol. The molecule has 9 nitrogen and oxygen atoms in total. The Morgan fingerprint density at radius 3 is 1.58 bits per heavy atom. The first-order valence-electron chi connectivity index (χ1n) is 19.3. The molecule has 2 unspecified atom stereocenters. The highest BCUT2D eigenvalue weighted by Crippen LogP contribution is 2.43. The van der Waals surface area contributed by atoms with Crippen molar-refractivity contribution in [2.45, 2.75) is 180 Å². The van der Waals surface area contributed by atoms with E-state index >= 15 is 0 Å². The number of hydrogen-bond donors (Lipinski definition) is 2. The van der Waals surface area contributed by atoms with Gasteiger partial charge in [0.15, 0.2) is 6.10 Å². The van der Waals surface area contributed by atoms with Gasteiger partial charge in [0.1, 0.15) is 6.61 Å². The highest BCUT2D eigenvalue weighted by atomic mass is 31.2. The molecule has 282 valence electrons. The summed E-state index contributed by atoms with van der Waals surface area (Å²) in [6, 6.07) is 0. The molecule has 0 amide bonds. The topological polar surface area (TPSA) is 134 Å². The molecule has 0 fully saturated rings. The van der Waals surface area contributed by atoms with Crippen LogP contribution in [0.25, 0.3) is 0 Å². The molecule has 0 saturated carbocycles. The van der Waals surface area contributed by atoms with Crippen LogP contribution in [-0.4, -0.2) is 49.3 Å². The highest BCUT2D eigenvalue weighted by molar-refractivity contribution is 7.47. The summed E-state index contributed by atoms with van der Waals surface area (Å²) >= 11 is 0. The third kappa shape index (κ3) is 34.4. The van der Waals surface area contributed by atoms with Gasteiger partial charge in [-0.3, -0.25) is 18.6 Å². The zero-order chi connectivity index (χ0) is 35.4. The van der Waals surface area contributed by atoms with Crippen molar-refractivity contribution in [1.82, 2.24) is 0 Å². The van der Waals surface area contributed by atoms with Gasteiger partial charge in [0.25, 0.3) is 0 Å². The Kier molecular flexibility index (Phi) is 34.2. The number of phosphoric acid groups is 1. The summed E-state index contributed by atoms with van der Waals surface area (Å²) in [6.45, 7) is 3.64. The van der Waals surface area contributed by atoms with E-state index in [-0.39, 0.29) is 32.6 Å². The fraction of sp³-hybridized carbons (Fsp3) is 0.842. The second kappa shape index (κ2) is 35.3. The van der Waals surface area contributed by atoms with Gasteiger partial charge in [-0.25, -0.2) is 4.57 Å². The Hall–Kier alpha value is -1.51. The Morgan fingerprint density at radius 2 is 1.08 bits per heavy atom. The molecule has 3 N–H and O–H groups in total. The lowest BCUT2D eigenvalue weighted by Gasteiger charge is -2.19. The summed E-state index contributed by atoms with van der Waals surface area (Å²) in [5, 5.41) is 0. The normalized spacial score (nSPS) is 13.7. The minimum absolute atomic E-state index is 0.0536. The van der Waals surface area contributed by atoms with Crippen LogP contribution in [0, 0.1) is 0 Å². The van der Waals surface area contributed by atoms with Crippen LogP contribution in [0.5, 0.6) is 0 Å². The van der Waals surface area contributed by atoms with Gasteiger partial charge < -0.3 is 20.1 Å². The molecule has 0 aliphatic carbocycles. The van der Waals surface area contributed by atoms with E-state index in [4.69, 9.17) is 24.3 Å². The molecule has 0 aromatic carbocycles. The van der Waals surface area contributed by atoms with E-state index in [9.17, 15) is 19.0 Å². The fourth-order valence-electron chi connectivity index (χ4n) is 5.19. The van der Waals surface area contributed by atoms with E-state index in [1.807, 2.05) is 0 Å². The molecule has 0 aromatic heterocycles. The van der Waals surface area contributed by atoms with Crippen molar-refractivity contribution in [2.75, 3.05) is 26.4 Å². The van der Waals surface area contributed by atoms with Gasteiger partial charge in [-0.2, -0.15) is 0 Å². The van der Waals surface area contributed by atoms with Crippen LogP contribution in [0.15, 0.2) is 24.3 Å². The number of hydrogen-bond acceptors (Lipinski definition) is 8. The van der Waals surface area contributed by atoms with Crippen LogP contribution >= 0.6 is 7.82 Å². The third-order valence-corrected chi connectivity index (χ3v) is 9.07. The van der Waals surface area contributed by atoms with Crippen molar-refractivity contribution >= 4 is 19.8 Å². The largest absolute Gasteiger partial charge is 0.472 e. The molecule has 0 heterocycles. The summed E-state index contributed by atoms with van der Waals surface area (Å²) in [5.41, 5.74) is 5.32. The van der Waals surface area contributed by atoms with E-state index in [1.54, 1.807) is 0 Å². The van der Waals surface area contributed by atoms with Crippen LogP contribution in [-0.2, 0) is 32.7 Å². The van der Waals surface area contributed by atoms with Gasteiger partial charge in [0.2, 0.25) is 0 Å². The lowest BCUT2D eigenvalue weighted by atomic mass is 10.1. The summed E-state index contributed by atoms with van der Waals surface area (Å²) in [7, 11) is -4.36. The Labute approximate surface area is 293 Å². The van der Waals surface area contributed by atoms with Crippen molar-refractivity contribution < 1.29 is 37.6 Å². The maximum atomic E-state index is 12.5. The quantitative estimate of drug-likeness (QED) is 0.0283. The van der Waals surface area contributed by atoms with Crippen LogP contribution in [0.1, 0.15) is 174 Å². The average Bonchev–Trinajstić information content (AvgIpc) is 3.07. The van der Waals surface area contributed by atoms with E-state index in [2.05, 4.69) is 38.2 Å². The van der Waals surface area contributed by atoms with E-state index in [0.717, 1.165) is 57.8 Å². The number of unbranched alkanes of at least 4 members (excludes halogenated alkanes) is 19. The zero-order valence-corrected chi connectivity index (χ0v) is 31.6. The smallest absolute Gasteiger partial charge is 0.462 e. The van der Waals surface area contributed by atoms with Crippen LogP contribution in [0.3, 0.4) is 0 Å². The molecule has 2 atom stereocenters. The van der Waals surface area contributed by atoms with E-state index < -0.39 is 32.5 Å². The second-order valence-electron chi connectivity index (χ2n) is 12.8. The van der Waals surface area contributed by atoms with Gasteiger partial charge in [-0.15, -0.1) is 0 Å². The minimum atomic E-state index is -4.36. The Morgan fingerprint density at radius 1 is 0.625 bits per heavy atom. The highest BCUT2D eigenvalue weighted by Gasteiger charge is 2.25. The first-order chi connectivity index (χ1) is 23.3. The maximum Gasteiger partial charge on any atom is 0.472 e. The molecule has 48 heavy (non-hydrogen) atoms. The standard InChI is InChI=1S/C38H72NO8P/c1-3-5-7-9-11-12-13-14-15-16-17-18-19-20-21-22-23-24-25-27-29-31-38(41)47-36(35-46-48(42,43)45-33-32-39)34-44-37(40)30-28-26-10-8-6-4-2/h13-14,16-17,36H,3-12,15,18-35,39H2,1-2H3,(H,42,43)/b14-13-,17-16-. The number of nitrogens with two attached hydrogens (primary N) is 1. The van der Waals surface area contributed by atoms with Gasteiger partial charge in [-0.1, -0.05) is 141 Å². The van der Waals surface area contributed by atoms with Crippen LogP contribution < -0.4 is 5.73 Å². The second-order valence-corrected chi connectivity index (χ2v) is 14.3. The monoisotopic (exact) mass is 701 g/mol. The van der Waals surface area contributed by atoms with Crippen LogP contribution in [0.4, 0.5) is 0 Å². The van der Waals surface area contributed by atoms with Crippen molar-refractivity contribution in [2.24, 2.45) is 5.73 Å². The summed E-state index contributed by atoms with van der Waals surface area (Å²) in [5.74, 6) is -0.842. The molecule has 0 saturated heterocycles. The molecule has 0 aliphatic rings. The molecule has 0 bridgehead atoms. The molecular weight excluding hydrogens is 629 g/mol. The number of carbonyl (C=O) groups is 2. The zero-order valence-electron chi connectivity index (χ0n) is 30.7. The number of ether oxygens (including phenoxy) is 2. The molecule has 0 aromatic rings. The number of phosphoric ester groups is 1. The SMILES string of the molecule is CCCCCCC/C=C\C/C=C\CCCCCCCCCCCC(=O)OC(COC(=O)CCCCCCCC)COP(=O)(O)OCCN. The van der Waals surface area contributed by atoms with E-state index in [0.29, 0.717) is 6.42 Å². The number of carbonyl (C=O) groups excluding carboxylic acids is 2. The van der Waals surface area contributed by atoms with Gasteiger partial charge in [-0.05, 0) is 44.9 Å². The number of rotatable bonds is 36. The summed E-state index contributed by atoms with van der Waals surface area (Å²) < 4.78 is 32.5. The fourth-order valence-corrected chi connectivity index (χ4v) is 5.96. The maximum absolute atomic E-state index is 12.5. The molecule has 0 spiro atoms. The van der Waals surface area contributed by atoms with Gasteiger partial charge >= 0.3 is 19.8 Å². The lowest BCUT2D eigenvalue weighted by Crippen LogP contribution is -2.29. The van der Waals surface area contributed by atoms with Crippen molar-refractivity contribution in [3.05, 3.63) is 24.3 Å². The molecule has 0 rings (SSSR count). The van der Waals surface area contributed by atoms with Crippen molar-refractivity contribution in [3.63, 3.8) is 0 Å². The van der Waals surface area contributed by atoms with Crippen molar-refractivity contribution in [3.8, 4) is 0 Å². The minimum Gasteiger partial charge on any atom is -0.462 e. The predicted octanol–water partition coefficient (Wildman–Crippen LogP) is 10.4. The van der Waals surface area contributed by atoms with Gasteiger partial charge in [0.05, 0.1) is 13.2 Å². The third-order valence-electron chi connectivity index (χ3n) is 8.09. The first-order valence-corrected chi connectivity index (χ1v) is 20.8. The molecular formula is C38H72NO8P. The Bertz CT molecular complexity index is 851. The summed E-state index contributed by atoms with van der Waals surface area (Å²) in [4.78, 5) is 34.5. The predicted molar refractivity (Wildman–Crippen MR) is 197 cm³/mol. The van der Waals surface area contributed by atoms with Gasteiger partial charge in [0, 0.05) is 19.4 Å².